The second-order valence-corrected chi connectivity index (χ2v) is 6.21. The van der Waals surface area contributed by atoms with E-state index in [-0.39, 0.29) is 6.10 Å². The number of fused-ring (bicyclic) bond motifs is 1. The van der Waals surface area contributed by atoms with E-state index in [0.29, 0.717) is 6.61 Å². The van der Waals surface area contributed by atoms with Crippen molar-refractivity contribution < 1.29 is 4.74 Å². The molecule has 1 atom stereocenters. The van der Waals surface area contributed by atoms with Gasteiger partial charge in [-0.25, -0.2) is 9.97 Å². The minimum absolute atomic E-state index is 0.0837. The molecule has 4 rings (SSSR count). The van der Waals surface area contributed by atoms with Crippen molar-refractivity contribution in [3.63, 3.8) is 0 Å². The van der Waals surface area contributed by atoms with Crippen LogP contribution in [0.15, 0.2) is 36.7 Å². The van der Waals surface area contributed by atoms with Gasteiger partial charge in [-0.1, -0.05) is 12.1 Å². The summed E-state index contributed by atoms with van der Waals surface area (Å²) in [6, 6.07) is 8.23. The summed E-state index contributed by atoms with van der Waals surface area (Å²) in [5, 5.41) is 3.10. The fraction of sp³-hybridized carbons (Fsp3) is 0.389. The molecule has 1 N–H and O–H groups in total. The molecule has 0 amide bonds. The minimum Gasteiger partial charge on any atom is -0.372 e. The Morgan fingerprint density at radius 1 is 1.24 bits per heavy atom. The van der Waals surface area contributed by atoms with Gasteiger partial charge in [-0.05, 0) is 12.1 Å². The van der Waals surface area contributed by atoms with E-state index >= 15 is 0 Å². The number of imidazole rings is 1. The van der Waals surface area contributed by atoms with E-state index in [1.54, 1.807) is 12.4 Å². The molecule has 1 saturated heterocycles. The van der Waals surface area contributed by atoms with Gasteiger partial charge >= 0.3 is 0 Å². The molecule has 1 fully saturated rings. The summed E-state index contributed by atoms with van der Waals surface area (Å²) < 4.78 is 8.12. The van der Waals surface area contributed by atoms with E-state index in [9.17, 15) is 0 Å². The first-order valence-corrected chi connectivity index (χ1v) is 8.49. The second kappa shape index (κ2) is 6.78. The van der Waals surface area contributed by atoms with Crippen molar-refractivity contribution in [2.45, 2.75) is 12.6 Å². The maximum Gasteiger partial charge on any atom is 0.150 e. The third-order valence-corrected chi connectivity index (χ3v) is 4.66. The lowest BCUT2D eigenvalue weighted by molar-refractivity contribution is -0.0356. The first-order valence-electron chi connectivity index (χ1n) is 8.49. The van der Waals surface area contributed by atoms with Gasteiger partial charge in [0.15, 0.2) is 0 Å². The molecule has 0 saturated carbocycles. The number of ether oxygens (including phenoxy) is 1. The topological polar surface area (TPSA) is 68.1 Å². The average molecular weight is 338 g/mol. The summed E-state index contributed by atoms with van der Waals surface area (Å²) in [4.78, 5) is 15.9. The van der Waals surface area contributed by atoms with Gasteiger partial charge in [-0.3, -0.25) is 9.88 Å². The molecule has 0 unspecified atom stereocenters. The van der Waals surface area contributed by atoms with Gasteiger partial charge in [0, 0.05) is 39.6 Å². The Morgan fingerprint density at radius 2 is 2.08 bits per heavy atom. The molecule has 3 heterocycles. The van der Waals surface area contributed by atoms with E-state index in [0.717, 1.165) is 48.0 Å². The highest BCUT2D eigenvalue weighted by Crippen LogP contribution is 2.26. The summed E-state index contributed by atoms with van der Waals surface area (Å²) >= 11 is 0. The first-order chi connectivity index (χ1) is 12.3. The Labute approximate surface area is 146 Å². The van der Waals surface area contributed by atoms with Crippen molar-refractivity contribution in [3.8, 4) is 0 Å². The highest BCUT2D eigenvalue weighted by Gasteiger charge is 2.26. The molecule has 3 aromatic rings. The number of para-hydroxylation sites is 2. The van der Waals surface area contributed by atoms with E-state index < -0.39 is 0 Å². The van der Waals surface area contributed by atoms with Crippen LogP contribution in [-0.2, 0) is 18.3 Å². The van der Waals surface area contributed by atoms with Gasteiger partial charge in [-0.15, -0.1) is 0 Å². The van der Waals surface area contributed by atoms with Crippen LogP contribution in [0, 0.1) is 0 Å². The van der Waals surface area contributed by atoms with Gasteiger partial charge in [0.1, 0.15) is 23.4 Å². The monoisotopic (exact) mass is 338 g/mol. The van der Waals surface area contributed by atoms with E-state index in [1.807, 2.05) is 19.2 Å². The standard InChI is InChI=1S/C18H22N6O/c1-19-18-17(20-7-8-21-18)15-11-24(9-10-25-15)12-16-22-13-5-3-4-6-14(13)23(16)2/h3-8,15H,9-12H2,1-2H3,(H,19,21)/t15-/m0/s1. The largest absolute Gasteiger partial charge is 0.372 e. The Balaban J connectivity index is 1.54. The zero-order chi connectivity index (χ0) is 17.2. The molecular weight excluding hydrogens is 316 g/mol. The van der Waals surface area contributed by atoms with Crippen LogP contribution >= 0.6 is 0 Å². The normalized spacial score (nSPS) is 18.6. The van der Waals surface area contributed by atoms with Crippen molar-refractivity contribution in [1.29, 1.82) is 0 Å². The fourth-order valence-corrected chi connectivity index (χ4v) is 3.33. The molecule has 2 aromatic heterocycles. The zero-order valence-electron chi connectivity index (χ0n) is 14.5. The van der Waals surface area contributed by atoms with Crippen LogP contribution in [0.5, 0.6) is 0 Å². The molecule has 0 spiro atoms. The maximum atomic E-state index is 5.95. The van der Waals surface area contributed by atoms with Crippen molar-refractivity contribution in [2.75, 3.05) is 32.1 Å². The number of nitrogens with zero attached hydrogens (tertiary/aromatic N) is 5. The number of anilines is 1. The third kappa shape index (κ3) is 3.08. The quantitative estimate of drug-likeness (QED) is 0.784. The second-order valence-electron chi connectivity index (χ2n) is 6.21. The molecule has 130 valence electrons. The van der Waals surface area contributed by atoms with E-state index in [4.69, 9.17) is 9.72 Å². The Morgan fingerprint density at radius 3 is 2.92 bits per heavy atom. The Bertz CT molecular complexity index is 877. The van der Waals surface area contributed by atoms with Crippen LogP contribution in [0.3, 0.4) is 0 Å². The van der Waals surface area contributed by atoms with E-state index in [1.165, 1.54) is 0 Å². The summed E-state index contributed by atoms with van der Waals surface area (Å²) in [6.45, 7) is 3.12. The van der Waals surface area contributed by atoms with Crippen molar-refractivity contribution in [1.82, 2.24) is 24.4 Å². The number of rotatable bonds is 4. The lowest BCUT2D eigenvalue weighted by Gasteiger charge is -2.32. The SMILES string of the molecule is CNc1nccnc1[C@@H]1CN(Cc2nc3ccccc3n2C)CCO1. The highest BCUT2D eigenvalue weighted by molar-refractivity contribution is 5.75. The van der Waals surface area contributed by atoms with Crippen LogP contribution in [0.25, 0.3) is 11.0 Å². The van der Waals surface area contributed by atoms with Crippen molar-refractivity contribution in [3.05, 3.63) is 48.2 Å². The number of hydrogen-bond donors (Lipinski definition) is 1. The Kier molecular flexibility index (Phi) is 4.33. The summed E-state index contributed by atoms with van der Waals surface area (Å²) in [6.07, 6.45) is 3.32. The fourth-order valence-electron chi connectivity index (χ4n) is 3.33. The predicted octanol–water partition coefficient (Wildman–Crippen LogP) is 1.98. The van der Waals surface area contributed by atoms with Gasteiger partial charge < -0.3 is 14.6 Å². The van der Waals surface area contributed by atoms with Crippen molar-refractivity contribution >= 4 is 16.9 Å². The zero-order valence-corrected chi connectivity index (χ0v) is 14.5. The molecule has 0 aliphatic carbocycles. The molecule has 0 radical (unpaired) electrons. The Hall–Kier alpha value is -2.51. The van der Waals surface area contributed by atoms with E-state index in [2.05, 4.69) is 43.9 Å². The van der Waals surface area contributed by atoms with Gasteiger partial charge in [0.25, 0.3) is 0 Å². The summed E-state index contributed by atoms with van der Waals surface area (Å²) in [7, 11) is 3.93. The molecule has 1 aliphatic heterocycles. The number of morpholine rings is 1. The number of hydrogen-bond acceptors (Lipinski definition) is 6. The lowest BCUT2D eigenvalue weighted by atomic mass is 10.2. The van der Waals surface area contributed by atoms with Gasteiger partial charge in [-0.2, -0.15) is 0 Å². The molecule has 25 heavy (non-hydrogen) atoms. The predicted molar refractivity (Wildman–Crippen MR) is 96.3 cm³/mol. The number of nitrogens with one attached hydrogen (secondary N) is 1. The number of aromatic nitrogens is 4. The van der Waals surface area contributed by atoms with Crippen LogP contribution < -0.4 is 5.32 Å². The molecule has 7 nitrogen and oxygen atoms in total. The molecule has 1 aromatic carbocycles. The summed E-state index contributed by atoms with van der Waals surface area (Å²) in [5.41, 5.74) is 3.06. The number of benzene rings is 1. The van der Waals surface area contributed by atoms with Gasteiger partial charge in [0.2, 0.25) is 0 Å². The summed E-state index contributed by atoms with van der Waals surface area (Å²) in [5.74, 6) is 1.84. The molecular formula is C18H22N6O. The highest BCUT2D eigenvalue weighted by atomic mass is 16.5. The first kappa shape index (κ1) is 16.0. The molecule has 1 aliphatic rings. The third-order valence-electron chi connectivity index (χ3n) is 4.66. The smallest absolute Gasteiger partial charge is 0.150 e. The van der Waals surface area contributed by atoms with Gasteiger partial charge in [0.05, 0.1) is 24.2 Å². The molecule has 0 bridgehead atoms. The van der Waals surface area contributed by atoms with Crippen LogP contribution in [0.1, 0.15) is 17.6 Å². The van der Waals surface area contributed by atoms with Crippen LogP contribution in [-0.4, -0.2) is 51.2 Å². The lowest BCUT2D eigenvalue weighted by Crippen LogP contribution is -2.38. The number of aryl methyl sites for hydroxylation is 1. The maximum absolute atomic E-state index is 5.95. The minimum atomic E-state index is -0.0837. The average Bonchev–Trinajstić information content (AvgIpc) is 2.98. The van der Waals surface area contributed by atoms with Crippen molar-refractivity contribution in [2.24, 2.45) is 7.05 Å². The van der Waals surface area contributed by atoms with Crippen LogP contribution in [0.2, 0.25) is 0 Å². The van der Waals surface area contributed by atoms with Crippen LogP contribution in [0.4, 0.5) is 5.82 Å². The molecule has 7 heteroatoms.